The van der Waals surface area contributed by atoms with E-state index in [4.69, 9.17) is 3.79 Å². The molecular weight excluding hydrogens is 151 g/mol. The Morgan fingerprint density at radius 3 is 1.82 bits per heavy atom. The monoisotopic (exact) mass is 168 g/mol. The summed E-state index contributed by atoms with van der Waals surface area (Å²) in [5, 5.41) is 0. The molecule has 2 fully saturated rings. The van der Waals surface area contributed by atoms with E-state index in [0.29, 0.717) is 6.10 Å². The molecule has 0 unspecified atom stereocenters. The maximum Gasteiger partial charge on any atom is 0.454 e. The quantitative estimate of drug-likeness (QED) is 0.586. The molecule has 2 rings (SSSR count). The molecule has 0 spiro atoms. The van der Waals surface area contributed by atoms with Crippen LogP contribution in [-0.2, 0) is 3.79 Å². The highest BCUT2D eigenvalue weighted by molar-refractivity contribution is 6.48. The van der Waals surface area contributed by atoms with Gasteiger partial charge < -0.3 is 3.79 Å². The van der Waals surface area contributed by atoms with E-state index in [0.717, 1.165) is 11.8 Å². The summed E-state index contributed by atoms with van der Waals surface area (Å²) in [6, 6.07) is 0. The van der Waals surface area contributed by atoms with Crippen LogP contribution in [0.3, 0.4) is 0 Å². The van der Waals surface area contributed by atoms with Crippen LogP contribution in [0.4, 0.5) is 0 Å². The van der Waals surface area contributed by atoms with Crippen molar-refractivity contribution in [3.8, 4) is 0 Å². The molecule has 0 heterocycles. The molecule has 0 radical (unpaired) electrons. The van der Waals surface area contributed by atoms with Crippen molar-refractivity contribution in [1.29, 1.82) is 0 Å². The molecule has 0 N–H and O–H groups in total. The zero-order valence-corrected chi connectivity index (χ0v) is 8.70. The van der Waals surface area contributed by atoms with Crippen molar-refractivity contribution in [2.75, 3.05) is 0 Å². The Bertz CT molecular complexity index is 126. The van der Waals surface area contributed by atoms with Crippen LogP contribution in [0, 0.1) is 11.8 Å². The second kappa shape index (κ2) is 3.09. The third-order valence-electron chi connectivity index (χ3n) is 2.60. The van der Waals surface area contributed by atoms with Gasteiger partial charge in [0.15, 0.2) is 0 Å². The first-order chi connectivity index (χ1) is 5.27. The SMILES string of the molecule is [CH3][Al]([CH3])[O]C(C1CC1)C1CC1. The standard InChI is InChI=1S/C7H11O.2CH3.Al/c8-7(5-1-2-5)6-3-4-6;;;/h5-7H,1-4H2;2*1H3;/q-1;;;+1. The van der Waals surface area contributed by atoms with E-state index in [-0.39, 0.29) is 0 Å². The van der Waals surface area contributed by atoms with E-state index in [9.17, 15) is 0 Å². The van der Waals surface area contributed by atoms with Crippen molar-refractivity contribution < 1.29 is 3.79 Å². The van der Waals surface area contributed by atoms with Crippen LogP contribution in [0.25, 0.3) is 0 Å². The molecule has 11 heavy (non-hydrogen) atoms. The summed E-state index contributed by atoms with van der Waals surface area (Å²) in [6.45, 7) is 0. The minimum atomic E-state index is -0.761. The molecule has 1 nitrogen and oxygen atoms in total. The molecule has 2 aliphatic carbocycles. The van der Waals surface area contributed by atoms with Crippen molar-refractivity contribution in [2.45, 2.75) is 43.4 Å². The normalized spacial score (nSPS) is 24.3. The maximum absolute atomic E-state index is 6.04. The summed E-state index contributed by atoms with van der Waals surface area (Å²) in [5.74, 6) is 6.52. The molecule has 0 aromatic carbocycles. The first-order valence-corrected chi connectivity index (χ1v) is 7.71. The van der Waals surface area contributed by atoms with Crippen molar-refractivity contribution in [3.05, 3.63) is 0 Å². The van der Waals surface area contributed by atoms with Gasteiger partial charge in [0, 0.05) is 6.10 Å². The van der Waals surface area contributed by atoms with Gasteiger partial charge in [0.1, 0.15) is 0 Å². The highest BCUT2D eigenvalue weighted by Crippen LogP contribution is 2.46. The minimum Gasteiger partial charge on any atom is -0.498 e. The molecule has 62 valence electrons. The van der Waals surface area contributed by atoms with Gasteiger partial charge in [-0.2, -0.15) is 0 Å². The Morgan fingerprint density at radius 1 is 1.09 bits per heavy atom. The topological polar surface area (TPSA) is 9.23 Å². The highest BCUT2D eigenvalue weighted by atomic mass is 27.2. The molecule has 0 atom stereocenters. The summed E-state index contributed by atoms with van der Waals surface area (Å²) in [7, 11) is 0. The van der Waals surface area contributed by atoms with Crippen LogP contribution in [0.5, 0.6) is 0 Å². The summed E-state index contributed by atoms with van der Waals surface area (Å²) < 4.78 is 6.04. The van der Waals surface area contributed by atoms with E-state index in [1.54, 1.807) is 0 Å². The molecule has 0 aromatic rings. The first kappa shape index (κ1) is 8.11. The van der Waals surface area contributed by atoms with Gasteiger partial charge in [0.2, 0.25) is 0 Å². The second-order valence-corrected chi connectivity index (χ2v) is 6.69. The highest BCUT2D eigenvalue weighted by Gasteiger charge is 2.42. The van der Waals surface area contributed by atoms with Crippen LogP contribution in [-0.4, -0.2) is 20.6 Å². The number of hydrogen-bond donors (Lipinski definition) is 0. The molecule has 0 aliphatic heterocycles. The molecule has 2 aliphatic rings. The predicted octanol–water partition coefficient (Wildman–Crippen LogP) is 2.44. The summed E-state index contributed by atoms with van der Waals surface area (Å²) in [5.41, 5.74) is 0. The Hall–Kier alpha value is 0.492. The summed E-state index contributed by atoms with van der Waals surface area (Å²) in [6.07, 6.45) is 6.48. The third-order valence-corrected chi connectivity index (χ3v) is 3.46. The lowest BCUT2D eigenvalue weighted by Crippen LogP contribution is -2.24. The fourth-order valence-corrected chi connectivity index (χ4v) is 2.84. The first-order valence-electron chi connectivity index (χ1n) is 4.93. The predicted molar refractivity (Wildman–Crippen MR) is 47.8 cm³/mol. The summed E-state index contributed by atoms with van der Waals surface area (Å²) >= 11 is -0.761. The molecule has 2 heteroatoms. The van der Waals surface area contributed by atoms with Crippen molar-refractivity contribution in [3.63, 3.8) is 0 Å². The van der Waals surface area contributed by atoms with E-state index < -0.39 is 14.5 Å². The van der Waals surface area contributed by atoms with Crippen molar-refractivity contribution in [1.82, 2.24) is 0 Å². The van der Waals surface area contributed by atoms with Crippen LogP contribution < -0.4 is 0 Å². The minimum absolute atomic E-state index is 0.696. The van der Waals surface area contributed by atoms with E-state index in [1.807, 2.05) is 0 Å². The maximum atomic E-state index is 6.04. The lowest BCUT2D eigenvalue weighted by atomic mass is 10.1. The number of rotatable bonds is 4. The van der Waals surface area contributed by atoms with Crippen LogP contribution in [0.2, 0.25) is 11.6 Å². The molecular formula is C9H17AlO. The summed E-state index contributed by atoms with van der Waals surface area (Å²) in [4.78, 5) is 0. The number of hydrogen-bond acceptors (Lipinski definition) is 1. The largest absolute Gasteiger partial charge is 0.498 e. The second-order valence-electron chi connectivity index (χ2n) is 4.32. The third kappa shape index (κ3) is 2.21. The average molecular weight is 168 g/mol. The van der Waals surface area contributed by atoms with Gasteiger partial charge in [-0.15, -0.1) is 0 Å². The Labute approximate surface area is 73.8 Å². The van der Waals surface area contributed by atoms with E-state index in [1.165, 1.54) is 25.7 Å². The fraction of sp³-hybridized carbons (Fsp3) is 1.00. The molecule has 0 amide bonds. The van der Waals surface area contributed by atoms with Gasteiger partial charge in [0.25, 0.3) is 0 Å². The van der Waals surface area contributed by atoms with Gasteiger partial charge >= 0.3 is 14.5 Å². The van der Waals surface area contributed by atoms with Gasteiger partial charge in [-0.25, -0.2) is 0 Å². The zero-order valence-electron chi connectivity index (χ0n) is 7.55. The van der Waals surface area contributed by atoms with Crippen LogP contribution >= 0.6 is 0 Å². The van der Waals surface area contributed by atoms with Crippen LogP contribution in [0.15, 0.2) is 0 Å². The Balaban J connectivity index is 1.82. The molecule has 2 saturated carbocycles. The smallest absolute Gasteiger partial charge is 0.454 e. The van der Waals surface area contributed by atoms with E-state index >= 15 is 0 Å². The van der Waals surface area contributed by atoms with Gasteiger partial charge in [-0.3, -0.25) is 0 Å². The average Bonchev–Trinajstić information content (AvgIpc) is 2.79. The molecule has 0 saturated heterocycles. The van der Waals surface area contributed by atoms with Gasteiger partial charge in [0.05, 0.1) is 0 Å². The lowest BCUT2D eigenvalue weighted by Gasteiger charge is -2.19. The zero-order chi connectivity index (χ0) is 7.84. The molecule has 0 aromatic heterocycles. The molecule has 0 bridgehead atoms. The van der Waals surface area contributed by atoms with Gasteiger partial charge in [-0.05, 0) is 37.5 Å². The van der Waals surface area contributed by atoms with E-state index in [2.05, 4.69) is 11.6 Å². The Morgan fingerprint density at radius 2 is 1.55 bits per heavy atom. The van der Waals surface area contributed by atoms with Gasteiger partial charge in [-0.1, -0.05) is 11.6 Å². The lowest BCUT2D eigenvalue weighted by molar-refractivity contribution is 0.156. The van der Waals surface area contributed by atoms with Crippen molar-refractivity contribution >= 4 is 14.5 Å². The Kier molecular flexibility index (Phi) is 2.28. The van der Waals surface area contributed by atoms with Crippen molar-refractivity contribution in [2.24, 2.45) is 11.8 Å². The fourth-order valence-electron chi connectivity index (χ4n) is 1.77. The van der Waals surface area contributed by atoms with Crippen LogP contribution in [0.1, 0.15) is 25.7 Å².